The lowest BCUT2D eigenvalue weighted by molar-refractivity contribution is 0.0877. The highest BCUT2D eigenvalue weighted by atomic mass is 16.5. The van der Waals surface area contributed by atoms with Gasteiger partial charge in [0.25, 0.3) is 0 Å². The summed E-state index contributed by atoms with van der Waals surface area (Å²) in [6.45, 7) is 4.73. The summed E-state index contributed by atoms with van der Waals surface area (Å²) in [5.74, 6) is 1.27. The standard InChI is InChI=1S/C21H29N3O2/c1-3-4-15-26-21-22-20(18-12-9-16(2)10-13-18)24(23-21)19(25)14-11-17-7-5-6-8-17/h9-10,12-13,17H,3-8,11,14-15H2,1-2H3. The summed E-state index contributed by atoms with van der Waals surface area (Å²) in [5.41, 5.74) is 2.06. The number of hydrogen-bond acceptors (Lipinski definition) is 4. The first-order valence-electron chi connectivity index (χ1n) is 9.87. The number of ether oxygens (including phenoxy) is 1. The van der Waals surface area contributed by atoms with E-state index in [9.17, 15) is 4.79 Å². The number of carbonyl (C=O) groups is 1. The van der Waals surface area contributed by atoms with Crippen molar-refractivity contribution in [3.05, 3.63) is 29.8 Å². The van der Waals surface area contributed by atoms with Gasteiger partial charge in [-0.3, -0.25) is 4.79 Å². The van der Waals surface area contributed by atoms with Gasteiger partial charge in [-0.25, -0.2) is 0 Å². The molecule has 0 aliphatic heterocycles. The normalized spacial score (nSPS) is 14.7. The summed E-state index contributed by atoms with van der Waals surface area (Å²) in [5, 5.41) is 4.36. The first-order valence-corrected chi connectivity index (χ1v) is 9.87. The molecule has 140 valence electrons. The molecule has 0 N–H and O–H groups in total. The lowest BCUT2D eigenvalue weighted by atomic mass is 10.0. The highest BCUT2D eigenvalue weighted by Crippen LogP contribution is 2.29. The third kappa shape index (κ3) is 4.71. The quantitative estimate of drug-likeness (QED) is 0.622. The van der Waals surface area contributed by atoms with E-state index in [-0.39, 0.29) is 5.91 Å². The van der Waals surface area contributed by atoms with Crippen LogP contribution in [0.5, 0.6) is 6.01 Å². The minimum absolute atomic E-state index is 0.00492. The molecular weight excluding hydrogens is 326 g/mol. The van der Waals surface area contributed by atoms with Gasteiger partial charge in [0.15, 0.2) is 5.82 Å². The maximum absolute atomic E-state index is 12.8. The van der Waals surface area contributed by atoms with Crippen LogP contribution in [0.4, 0.5) is 0 Å². The van der Waals surface area contributed by atoms with Crippen molar-refractivity contribution < 1.29 is 9.53 Å². The van der Waals surface area contributed by atoms with Gasteiger partial charge in [-0.05, 0) is 25.7 Å². The molecule has 1 aromatic carbocycles. The molecule has 0 bridgehead atoms. The Hall–Kier alpha value is -2.17. The Balaban J connectivity index is 1.78. The van der Waals surface area contributed by atoms with E-state index in [0.29, 0.717) is 30.8 Å². The minimum atomic E-state index is 0.00492. The lowest BCUT2D eigenvalue weighted by Crippen LogP contribution is -2.15. The Morgan fingerprint density at radius 2 is 1.96 bits per heavy atom. The Labute approximate surface area is 155 Å². The SMILES string of the molecule is CCCCOc1nc(-c2ccc(C)cc2)n(C(=O)CCC2CCCC2)n1. The minimum Gasteiger partial charge on any atom is -0.462 e. The number of rotatable bonds is 8. The molecule has 0 spiro atoms. The maximum Gasteiger partial charge on any atom is 0.336 e. The molecule has 1 heterocycles. The fraction of sp³-hybridized carbons (Fsp3) is 0.571. The van der Waals surface area contributed by atoms with Crippen LogP contribution in [-0.4, -0.2) is 27.3 Å². The van der Waals surface area contributed by atoms with Crippen molar-refractivity contribution in [2.45, 2.75) is 65.2 Å². The summed E-state index contributed by atoms with van der Waals surface area (Å²) in [6.07, 6.45) is 8.55. The second-order valence-electron chi connectivity index (χ2n) is 7.28. The van der Waals surface area contributed by atoms with Crippen molar-refractivity contribution in [2.24, 2.45) is 5.92 Å². The van der Waals surface area contributed by atoms with Gasteiger partial charge in [0.1, 0.15) is 0 Å². The summed E-state index contributed by atoms with van der Waals surface area (Å²) < 4.78 is 7.09. The molecule has 5 nitrogen and oxygen atoms in total. The van der Waals surface area contributed by atoms with E-state index in [1.165, 1.54) is 35.9 Å². The van der Waals surface area contributed by atoms with E-state index in [1.807, 2.05) is 31.2 Å². The Kier molecular flexibility index (Phi) is 6.42. The topological polar surface area (TPSA) is 57.0 Å². The number of aryl methyl sites for hydroxylation is 1. The third-order valence-electron chi connectivity index (χ3n) is 5.10. The van der Waals surface area contributed by atoms with Crippen LogP contribution in [0, 0.1) is 12.8 Å². The third-order valence-corrected chi connectivity index (χ3v) is 5.10. The molecule has 26 heavy (non-hydrogen) atoms. The molecule has 1 saturated carbocycles. The molecule has 0 amide bonds. The van der Waals surface area contributed by atoms with Crippen LogP contribution in [0.1, 0.15) is 68.6 Å². The van der Waals surface area contributed by atoms with Gasteiger partial charge in [0, 0.05) is 12.0 Å². The zero-order valence-electron chi connectivity index (χ0n) is 15.9. The van der Waals surface area contributed by atoms with Crippen molar-refractivity contribution in [1.82, 2.24) is 14.8 Å². The second-order valence-corrected chi connectivity index (χ2v) is 7.28. The zero-order valence-corrected chi connectivity index (χ0v) is 15.9. The van der Waals surface area contributed by atoms with E-state index < -0.39 is 0 Å². The van der Waals surface area contributed by atoms with Crippen LogP contribution in [0.25, 0.3) is 11.4 Å². The monoisotopic (exact) mass is 355 g/mol. The van der Waals surface area contributed by atoms with Gasteiger partial charge in [-0.15, -0.1) is 5.10 Å². The molecule has 1 aliphatic rings. The van der Waals surface area contributed by atoms with E-state index in [0.717, 1.165) is 24.8 Å². The number of hydrogen-bond donors (Lipinski definition) is 0. The predicted molar refractivity (Wildman–Crippen MR) is 102 cm³/mol. The first kappa shape index (κ1) is 18.6. The molecule has 1 aliphatic carbocycles. The van der Waals surface area contributed by atoms with Gasteiger partial charge < -0.3 is 4.74 Å². The van der Waals surface area contributed by atoms with Crippen molar-refractivity contribution in [3.63, 3.8) is 0 Å². The highest BCUT2D eigenvalue weighted by molar-refractivity contribution is 5.82. The summed E-state index contributed by atoms with van der Waals surface area (Å²) in [7, 11) is 0. The van der Waals surface area contributed by atoms with Gasteiger partial charge in [0.05, 0.1) is 6.61 Å². The van der Waals surface area contributed by atoms with E-state index in [2.05, 4.69) is 17.0 Å². The van der Waals surface area contributed by atoms with Crippen LogP contribution in [0.15, 0.2) is 24.3 Å². The van der Waals surface area contributed by atoms with E-state index in [1.54, 1.807) is 0 Å². The van der Waals surface area contributed by atoms with E-state index >= 15 is 0 Å². The van der Waals surface area contributed by atoms with Crippen LogP contribution in [0.3, 0.4) is 0 Å². The molecule has 2 aromatic rings. The van der Waals surface area contributed by atoms with Gasteiger partial charge >= 0.3 is 6.01 Å². The molecule has 0 saturated heterocycles. The van der Waals surface area contributed by atoms with Gasteiger partial charge in [0.2, 0.25) is 5.91 Å². The average Bonchev–Trinajstić information content (AvgIpc) is 3.30. The average molecular weight is 355 g/mol. The zero-order chi connectivity index (χ0) is 18.4. The van der Waals surface area contributed by atoms with Crippen LogP contribution in [-0.2, 0) is 0 Å². The highest BCUT2D eigenvalue weighted by Gasteiger charge is 2.21. The molecular formula is C21H29N3O2. The smallest absolute Gasteiger partial charge is 0.336 e. The number of carbonyl (C=O) groups excluding carboxylic acids is 1. The number of benzene rings is 1. The van der Waals surface area contributed by atoms with E-state index in [4.69, 9.17) is 4.74 Å². The van der Waals surface area contributed by atoms with Crippen LogP contribution in [0.2, 0.25) is 0 Å². The fourth-order valence-electron chi connectivity index (χ4n) is 3.46. The van der Waals surface area contributed by atoms with Crippen molar-refractivity contribution in [3.8, 4) is 17.4 Å². The van der Waals surface area contributed by atoms with Crippen molar-refractivity contribution in [1.29, 1.82) is 0 Å². The number of nitrogens with zero attached hydrogens (tertiary/aromatic N) is 3. The molecule has 1 fully saturated rings. The Morgan fingerprint density at radius 1 is 1.23 bits per heavy atom. The van der Waals surface area contributed by atoms with Crippen LogP contribution < -0.4 is 4.74 Å². The fourth-order valence-corrected chi connectivity index (χ4v) is 3.46. The largest absolute Gasteiger partial charge is 0.462 e. The predicted octanol–water partition coefficient (Wildman–Crippen LogP) is 5.04. The molecule has 5 heteroatoms. The Morgan fingerprint density at radius 3 is 2.65 bits per heavy atom. The second kappa shape index (κ2) is 8.97. The first-order chi connectivity index (χ1) is 12.7. The van der Waals surface area contributed by atoms with Crippen molar-refractivity contribution in [2.75, 3.05) is 6.61 Å². The summed E-state index contributed by atoms with van der Waals surface area (Å²) in [6, 6.07) is 8.30. The lowest BCUT2D eigenvalue weighted by Gasteiger charge is -2.08. The number of aromatic nitrogens is 3. The molecule has 3 rings (SSSR count). The number of unbranched alkanes of at least 4 members (excludes halogenated alkanes) is 1. The summed E-state index contributed by atoms with van der Waals surface area (Å²) >= 11 is 0. The van der Waals surface area contributed by atoms with Crippen LogP contribution >= 0.6 is 0 Å². The van der Waals surface area contributed by atoms with Crippen molar-refractivity contribution >= 4 is 5.91 Å². The maximum atomic E-state index is 12.8. The molecule has 1 aromatic heterocycles. The Bertz CT molecular complexity index is 715. The summed E-state index contributed by atoms with van der Waals surface area (Å²) in [4.78, 5) is 17.3. The van der Waals surface area contributed by atoms with Gasteiger partial charge in [-0.2, -0.15) is 9.67 Å². The molecule has 0 atom stereocenters. The molecule has 0 radical (unpaired) electrons. The molecule has 0 unspecified atom stereocenters. The van der Waals surface area contributed by atoms with Gasteiger partial charge in [-0.1, -0.05) is 68.9 Å².